The number of nitrogens with two attached hydrogens (primary N) is 1. The van der Waals surface area contributed by atoms with E-state index in [-0.39, 0.29) is 0 Å². The number of aryl methyl sites for hydroxylation is 1. The summed E-state index contributed by atoms with van der Waals surface area (Å²) in [6.07, 6.45) is 2.99. The summed E-state index contributed by atoms with van der Waals surface area (Å²) in [5.74, 6) is -1.03. The number of nitrogens with one attached hydrogen (secondary N) is 1. The Morgan fingerprint density at radius 2 is 2.20 bits per heavy atom. The fourth-order valence-electron chi connectivity index (χ4n) is 1.76. The molecule has 0 aliphatic heterocycles. The van der Waals surface area contributed by atoms with Crippen LogP contribution >= 0.6 is 15.9 Å². The van der Waals surface area contributed by atoms with Gasteiger partial charge in [-0.25, -0.2) is 0 Å². The van der Waals surface area contributed by atoms with Crippen LogP contribution in [0.5, 0.6) is 0 Å². The van der Waals surface area contributed by atoms with Crippen molar-refractivity contribution >= 4 is 27.7 Å². The van der Waals surface area contributed by atoms with Crippen molar-refractivity contribution in [1.29, 1.82) is 0 Å². The molecule has 0 fully saturated rings. The average molecular weight is 337 g/mol. The van der Waals surface area contributed by atoms with Crippen LogP contribution in [0.3, 0.4) is 0 Å². The first kappa shape index (κ1) is 14.3. The topological polar surface area (TPSA) is 90.0 Å². The highest BCUT2D eigenvalue weighted by Crippen LogP contribution is 2.18. The van der Waals surface area contributed by atoms with Crippen LogP contribution in [-0.2, 0) is 11.8 Å². The van der Waals surface area contributed by atoms with Crippen molar-refractivity contribution in [2.75, 3.05) is 0 Å². The molecule has 0 bridgehead atoms. The number of aromatic nitrogens is 2. The maximum absolute atomic E-state index is 12.0. The molecule has 6 nitrogen and oxygen atoms in total. The number of nitrogens with zero attached hydrogens (tertiary/aromatic N) is 2. The van der Waals surface area contributed by atoms with E-state index in [1.165, 1.54) is 10.9 Å². The quantitative estimate of drug-likeness (QED) is 0.877. The maximum Gasteiger partial charge on any atom is 0.255 e. The van der Waals surface area contributed by atoms with Gasteiger partial charge in [0, 0.05) is 17.7 Å². The number of primary amides is 1. The van der Waals surface area contributed by atoms with Crippen molar-refractivity contribution in [1.82, 2.24) is 15.1 Å². The fraction of sp³-hybridized carbons (Fsp3) is 0.154. The lowest BCUT2D eigenvalue weighted by molar-refractivity contribution is -0.120. The number of amides is 2. The number of hydrogen-bond donors (Lipinski definition) is 2. The molecule has 0 unspecified atom stereocenters. The molecule has 2 rings (SSSR count). The largest absolute Gasteiger partial charge is 0.368 e. The van der Waals surface area contributed by atoms with Gasteiger partial charge in [-0.3, -0.25) is 14.3 Å². The summed E-state index contributed by atoms with van der Waals surface area (Å²) in [6, 6.07) is 6.17. The van der Waals surface area contributed by atoms with Gasteiger partial charge in [0.1, 0.15) is 6.04 Å². The zero-order valence-corrected chi connectivity index (χ0v) is 12.3. The normalized spacial score (nSPS) is 11.9. The molecule has 3 N–H and O–H groups in total. The molecule has 0 spiro atoms. The summed E-state index contributed by atoms with van der Waals surface area (Å²) in [4.78, 5) is 23.6. The Bertz CT molecular complexity index is 653. The highest BCUT2D eigenvalue weighted by Gasteiger charge is 2.21. The van der Waals surface area contributed by atoms with E-state index < -0.39 is 17.9 Å². The Kier molecular flexibility index (Phi) is 4.19. The van der Waals surface area contributed by atoms with Gasteiger partial charge in [-0.15, -0.1) is 0 Å². The van der Waals surface area contributed by atoms with Gasteiger partial charge in [-0.2, -0.15) is 5.10 Å². The Morgan fingerprint density at radius 3 is 2.75 bits per heavy atom. The van der Waals surface area contributed by atoms with Gasteiger partial charge >= 0.3 is 0 Å². The SMILES string of the molecule is Cn1cc(C(=O)N[C@H](C(N)=O)c2cccc(Br)c2)cn1. The zero-order valence-electron chi connectivity index (χ0n) is 10.7. The molecule has 0 aliphatic rings. The van der Waals surface area contributed by atoms with Crippen molar-refractivity contribution in [2.24, 2.45) is 12.8 Å². The molecule has 7 heteroatoms. The van der Waals surface area contributed by atoms with Gasteiger partial charge in [-0.05, 0) is 17.7 Å². The fourth-order valence-corrected chi connectivity index (χ4v) is 2.17. The highest BCUT2D eigenvalue weighted by molar-refractivity contribution is 9.10. The molecule has 2 aromatic rings. The third-order valence-corrected chi connectivity index (χ3v) is 3.20. The summed E-state index contributed by atoms with van der Waals surface area (Å²) >= 11 is 3.32. The molecule has 1 aromatic carbocycles. The number of carbonyl (C=O) groups excluding carboxylic acids is 2. The second-order valence-electron chi connectivity index (χ2n) is 4.27. The smallest absolute Gasteiger partial charge is 0.255 e. The molecular formula is C13H13BrN4O2. The molecular weight excluding hydrogens is 324 g/mol. The molecule has 1 atom stereocenters. The molecule has 104 valence electrons. The van der Waals surface area contributed by atoms with Gasteiger partial charge in [0.05, 0.1) is 11.8 Å². The molecule has 0 saturated heterocycles. The second-order valence-corrected chi connectivity index (χ2v) is 5.18. The van der Waals surface area contributed by atoms with Crippen LogP contribution in [0.25, 0.3) is 0 Å². The standard InChI is InChI=1S/C13H13BrN4O2/c1-18-7-9(6-16-18)13(20)17-11(12(15)19)8-3-2-4-10(14)5-8/h2-7,11H,1H3,(H2,15,19)(H,17,20)/t11-/m0/s1. The van der Waals surface area contributed by atoms with Crippen LogP contribution in [0, 0.1) is 0 Å². The van der Waals surface area contributed by atoms with Crippen LogP contribution in [0.4, 0.5) is 0 Å². The predicted octanol–water partition coefficient (Wildman–Crippen LogP) is 1.14. The van der Waals surface area contributed by atoms with Crippen LogP contribution < -0.4 is 11.1 Å². The molecule has 0 aliphatic carbocycles. The third-order valence-electron chi connectivity index (χ3n) is 2.71. The first-order valence-electron chi connectivity index (χ1n) is 5.81. The molecule has 1 heterocycles. The van der Waals surface area contributed by atoms with Gasteiger partial charge in [0.2, 0.25) is 5.91 Å². The monoisotopic (exact) mass is 336 g/mol. The van der Waals surface area contributed by atoms with Crippen molar-refractivity contribution in [3.63, 3.8) is 0 Å². The van der Waals surface area contributed by atoms with Crippen LogP contribution in [0.2, 0.25) is 0 Å². The number of halogens is 1. The molecule has 20 heavy (non-hydrogen) atoms. The Labute approximate surface area is 124 Å². The van der Waals surface area contributed by atoms with E-state index in [4.69, 9.17) is 5.73 Å². The van der Waals surface area contributed by atoms with E-state index in [2.05, 4.69) is 26.3 Å². The van der Waals surface area contributed by atoms with E-state index >= 15 is 0 Å². The second kappa shape index (κ2) is 5.87. The Balaban J connectivity index is 2.22. The van der Waals surface area contributed by atoms with Crippen molar-refractivity contribution in [3.8, 4) is 0 Å². The molecule has 0 saturated carbocycles. The van der Waals surface area contributed by atoms with E-state index in [1.54, 1.807) is 31.4 Å². The van der Waals surface area contributed by atoms with Crippen molar-refractivity contribution in [3.05, 3.63) is 52.3 Å². The van der Waals surface area contributed by atoms with Gasteiger partial charge in [0.25, 0.3) is 5.91 Å². The zero-order chi connectivity index (χ0) is 14.7. The minimum absolute atomic E-state index is 0.369. The van der Waals surface area contributed by atoms with E-state index in [1.807, 2.05) is 6.07 Å². The van der Waals surface area contributed by atoms with E-state index in [0.29, 0.717) is 11.1 Å². The number of benzene rings is 1. The first-order valence-corrected chi connectivity index (χ1v) is 6.61. The van der Waals surface area contributed by atoms with Crippen LogP contribution in [0.15, 0.2) is 41.1 Å². The summed E-state index contributed by atoms with van der Waals surface area (Å²) in [6.45, 7) is 0. The van der Waals surface area contributed by atoms with Gasteiger partial charge < -0.3 is 11.1 Å². The number of rotatable bonds is 4. The minimum atomic E-state index is -0.889. The lowest BCUT2D eigenvalue weighted by Crippen LogP contribution is -2.37. The summed E-state index contributed by atoms with van der Waals surface area (Å²) in [5.41, 5.74) is 6.34. The number of hydrogen-bond acceptors (Lipinski definition) is 3. The van der Waals surface area contributed by atoms with Crippen molar-refractivity contribution in [2.45, 2.75) is 6.04 Å². The predicted molar refractivity (Wildman–Crippen MR) is 76.8 cm³/mol. The molecule has 1 aromatic heterocycles. The lowest BCUT2D eigenvalue weighted by Gasteiger charge is -2.15. The van der Waals surface area contributed by atoms with Crippen LogP contribution in [-0.4, -0.2) is 21.6 Å². The maximum atomic E-state index is 12.0. The summed E-state index contributed by atoms with van der Waals surface area (Å²) in [5, 5.41) is 6.51. The molecule has 2 amide bonds. The number of carbonyl (C=O) groups is 2. The van der Waals surface area contributed by atoms with Gasteiger partial charge in [-0.1, -0.05) is 28.1 Å². The van der Waals surface area contributed by atoms with Crippen molar-refractivity contribution < 1.29 is 9.59 Å². The average Bonchev–Trinajstić information content (AvgIpc) is 2.82. The lowest BCUT2D eigenvalue weighted by atomic mass is 10.1. The third kappa shape index (κ3) is 3.24. The molecule has 0 radical (unpaired) electrons. The Morgan fingerprint density at radius 1 is 1.45 bits per heavy atom. The summed E-state index contributed by atoms with van der Waals surface area (Å²) < 4.78 is 2.31. The van der Waals surface area contributed by atoms with E-state index in [9.17, 15) is 9.59 Å². The van der Waals surface area contributed by atoms with Gasteiger partial charge in [0.15, 0.2) is 0 Å². The Hall–Kier alpha value is -2.15. The highest BCUT2D eigenvalue weighted by atomic mass is 79.9. The minimum Gasteiger partial charge on any atom is -0.368 e. The van der Waals surface area contributed by atoms with Crippen LogP contribution in [0.1, 0.15) is 22.0 Å². The van der Waals surface area contributed by atoms with E-state index in [0.717, 1.165) is 4.47 Å². The first-order chi connectivity index (χ1) is 9.47. The summed E-state index contributed by atoms with van der Waals surface area (Å²) in [7, 11) is 1.71.